The molecule has 0 spiro atoms. The zero-order valence-corrected chi connectivity index (χ0v) is 11.1. The molecular weight excluding hydrogens is 182 g/mol. The van der Waals surface area contributed by atoms with Crippen molar-refractivity contribution in [3.63, 3.8) is 0 Å². The second kappa shape index (κ2) is 6.52. The van der Waals surface area contributed by atoms with E-state index in [1.54, 1.807) is 0 Å². The molecule has 0 bridgehead atoms. The van der Waals surface area contributed by atoms with Gasteiger partial charge in [-0.1, -0.05) is 33.6 Å². The largest absolute Gasteiger partial charge is 0.319 e. The molecule has 1 fully saturated rings. The minimum atomic E-state index is 0.837. The van der Waals surface area contributed by atoms with Crippen molar-refractivity contribution in [1.82, 2.24) is 5.32 Å². The average molecular weight is 211 g/mol. The van der Waals surface area contributed by atoms with Gasteiger partial charge in [0.2, 0.25) is 0 Å². The predicted octanol–water partition coefficient (Wildman–Crippen LogP) is 3.69. The maximum Gasteiger partial charge on any atom is -0.00261 e. The highest BCUT2D eigenvalue weighted by atomic mass is 14.8. The summed E-state index contributed by atoms with van der Waals surface area (Å²) in [6, 6.07) is 0. The normalized spacial score (nSPS) is 31.2. The average Bonchev–Trinajstić information content (AvgIpc) is 2.18. The summed E-state index contributed by atoms with van der Waals surface area (Å²) >= 11 is 0. The maximum absolute atomic E-state index is 3.28. The second-order valence-electron chi connectivity index (χ2n) is 5.90. The summed E-state index contributed by atoms with van der Waals surface area (Å²) < 4.78 is 0. The van der Waals surface area contributed by atoms with Gasteiger partial charge in [-0.3, -0.25) is 0 Å². The minimum absolute atomic E-state index is 0.837. The highest BCUT2D eigenvalue weighted by Gasteiger charge is 2.23. The summed E-state index contributed by atoms with van der Waals surface area (Å²) in [4.78, 5) is 0. The molecule has 0 aromatic rings. The van der Waals surface area contributed by atoms with Crippen LogP contribution in [0.1, 0.15) is 52.9 Å². The number of hydrogen-bond donors (Lipinski definition) is 1. The first-order valence-corrected chi connectivity index (χ1v) is 6.78. The van der Waals surface area contributed by atoms with Gasteiger partial charge < -0.3 is 5.32 Å². The fraction of sp³-hybridized carbons (Fsp3) is 1.00. The van der Waals surface area contributed by atoms with E-state index in [0.717, 1.165) is 23.7 Å². The third kappa shape index (κ3) is 4.55. The molecule has 0 heterocycles. The van der Waals surface area contributed by atoms with Crippen LogP contribution in [-0.4, -0.2) is 13.6 Å². The predicted molar refractivity (Wildman–Crippen MR) is 68.0 cm³/mol. The highest BCUT2D eigenvalue weighted by Crippen LogP contribution is 2.35. The van der Waals surface area contributed by atoms with E-state index in [1.807, 2.05) is 0 Å². The summed E-state index contributed by atoms with van der Waals surface area (Å²) in [5.74, 6) is 3.77. The van der Waals surface area contributed by atoms with Gasteiger partial charge in [0.25, 0.3) is 0 Å². The van der Waals surface area contributed by atoms with Gasteiger partial charge in [-0.25, -0.2) is 0 Å². The van der Waals surface area contributed by atoms with Crippen LogP contribution in [0.5, 0.6) is 0 Å². The first-order valence-electron chi connectivity index (χ1n) is 6.78. The molecule has 1 nitrogen and oxygen atoms in total. The maximum atomic E-state index is 3.28. The van der Waals surface area contributed by atoms with Gasteiger partial charge >= 0.3 is 0 Å². The smallest absolute Gasteiger partial charge is 0.00261 e. The quantitative estimate of drug-likeness (QED) is 0.731. The molecule has 1 aliphatic rings. The minimum Gasteiger partial charge on any atom is -0.319 e. The number of rotatable bonds is 5. The van der Waals surface area contributed by atoms with Crippen LogP contribution in [0.3, 0.4) is 0 Å². The molecule has 0 saturated heterocycles. The molecule has 1 rings (SSSR count). The fourth-order valence-electron chi connectivity index (χ4n) is 3.11. The van der Waals surface area contributed by atoms with Gasteiger partial charge in [0.15, 0.2) is 0 Å². The third-order valence-corrected chi connectivity index (χ3v) is 4.19. The Morgan fingerprint density at radius 2 is 1.73 bits per heavy atom. The zero-order valence-electron chi connectivity index (χ0n) is 11.1. The Bertz CT molecular complexity index is 159. The topological polar surface area (TPSA) is 12.0 Å². The zero-order chi connectivity index (χ0) is 11.3. The SMILES string of the molecule is CNCC(C)CC(C)C1CCC(C)CC1. The Hall–Kier alpha value is -0.0400. The summed E-state index contributed by atoms with van der Waals surface area (Å²) in [5.41, 5.74) is 0. The molecule has 0 aromatic carbocycles. The van der Waals surface area contributed by atoms with Crippen molar-refractivity contribution < 1.29 is 0 Å². The molecule has 0 aromatic heterocycles. The first kappa shape index (κ1) is 13.0. The van der Waals surface area contributed by atoms with Gasteiger partial charge in [-0.2, -0.15) is 0 Å². The molecule has 90 valence electrons. The monoisotopic (exact) mass is 211 g/mol. The Morgan fingerprint density at radius 1 is 1.13 bits per heavy atom. The van der Waals surface area contributed by atoms with Gasteiger partial charge in [0, 0.05) is 0 Å². The molecule has 2 unspecified atom stereocenters. The van der Waals surface area contributed by atoms with Crippen molar-refractivity contribution in [1.29, 1.82) is 0 Å². The molecule has 1 saturated carbocycles. The summed E-state index contributed by atoms with van der Waals surface area (Å²) in [6.07, 6.45) is 7.30. The fourth-order valence-corrected chi connectivity index (χ4v) is 3.11. The van der Waals surface area contributed by atoms with Crippen molar-refractivity contribution in [3.05, 3.63) is 0 Å². The Kier molecular flexibility index (Phi) is 5.66. The van der Waals surface area contributed by atoms with Crippen LogP contribution in [0, 0.1) is 23.7 Å². The van der Waals surface area contributed by atoms with E-state index in [0.29, 0.717) is 0 Å². The Balaban J connectivity index is 2.24. The van der Waals surface area contributed by atoms with Crippen LogP contribution in [0.15, 0.2) is 0 Å². The summed E-state index contributed by atoms with van der Waals surface area (Å²) in [6.45, 7) is 8.42. The first-order chi connectivity index (χ1) is 7.13. The van der Waals surface area contributed by atoms with Crippen molar-refractivity contribution in [2.24, 2.45) is 23.7 Å². The molecule has 0 radical (unpaired) electrons. The van der Waals surface area contributed by atoms with E-state index in [2.05, 4.69) is 33.1 Å². The molecule has 1 heteroatoms. The van der Waals surface area contributed by atoms with Crippen LogP contribution in [0.2, 0.25) is 0 Å². The van der Waals surface area contributed by atoms with Crippen LogP contribution in [-0.2, 0) is 0 Å². The van der Waals surface area contributed by atoms with Crippen LogP contribution in [0.4, 0.5) is 0 Å². The molecule has 2 atom stereocenters. The summed E-state index contributed by atoms with van der Waals surface area (Å²) in [5, 5.41) is 3.28. The van der Waals surface area contributed by atoms with E-state index in [9.17, 15) is 0 Å². The number of nitrogens with one attached hydrogen (secondary N) is 1. The molecule has 0 amide bonds. The number of hydrogen-bond acceptors (Lipinski definition) is 1. The molecule has 1 N–H and O–H groups in total. The van der Waals surface area contributed by atoms with Gasteiger partial charge in [0.1, 0.15) is 0 Å². The van der Waals surface area contributed by atoms with Crippen LogP contribution < -0.4 is 5.32 Å². The van der Waals surface area contributed by atoms with E-state index in [-0.39, 0.29) is 0 Å². The van der Waals surface area contributed by atoms with Crippen LogP contribution in [0.25, 0.3) is 0 Å². The van der Waals surface area contributed by atoms with Gasteiger partial charge in [-0.05, 0) is 56.5 Å². The lowest BCUT2D eigenvalue weighted by Gasteiger charge is -2.32. The molecule has 1 aliphatic carbocycles. The Morgan fingerprint density at radius 3 is 2.27 bits per heavy atom. The van der Waals surface area contributed by atoms with Crippen molar-refractivity contribution in [2.75, 3.05) is 13.6 Å². The Labute approximate surface area is 96.0 Å². The van der Waals surface area contributed by atoms with E-state index in [1.165, 1.54) is 38.6 Å². The highest BCUT2D eigenvalue weighted by molar-refractivity contribution is 4.75. The van der Waals surface area contributed by atoms with Gasteiger partial charge in [0.05, 0.1) is 0 Å². The lowest BCUT2D eigenvalue weighted by Crippen LogP contribution is -2.24. The lowest BCUT2D eigenvalue weighted by atomic mass is 9.74. The van der Waals surface area contributed by atoms with E-state index in [4.69, 9.17) is 0 Å². The third-order valence-electron chi connectivity index (χ3n) is 4.19. The summed E-state index contributed by atoms with van der Waals surface area (Å²) in [7, 11) is 2.06. The lowest BCUT2D eigenvalue weighted by molar-refractivity contribution is 0.199. The van der Waals surface area contributed by atoms with Crippen LogP contribution >= 0.6 is 0 Å². The van der Waals surface area contributed by atoms with Crippen molar-refractivity contribution in [2.45, 2.75) is 52.9 Å². The molecular formula is C14H29N. The molecule has 0 aliphatic heterocycles. The second-order valence-corrected chi connectivity index (χ2v) is 5.90. The van der Waals surface area contributed by atoms with Gasteiger partial charge in [-0.15, -0.1) is 0 Å². The molecule has 15 heavy (non-hydrogen) atoms. The van der Waals surface area contributed by atoms with Crippen molar-refractivity contribution in [3.8, 4) is 0 Å². The van der Waals surface area contributed by atoms with Crippen molar-refractivity contribution >= 4 is 0 Å². The van der Waals surface area contributed by atoms with E-state index < -0.39 is 0 Å². The standard InChI is InChI=1S/C14H29N/c1-11-5-7-14(8-6-11)13(3)9-12(2)10-15-4/h11-15H,5-10H2,1-4H3. The van der Waals surface area contributed by atoms with E-state index >= 15 is 0 Å².